The van der Waals surface area contributed by atoms with Gasteiger partial charge in [0.05, 0.1) is 11.2 Å². The van der Waals surface area contributed by atoms with Crippen molar-refractivity contribution in [3.8, 4) is 12.3 Å². The van der Waals surface area contributed by atoms with E-state index in [1.807, 2.05) is 0 Å². The predicted molar refractivity (Wildman–Crippen MR) is 103 cm³/mol. The first-order valence-electron chi connectivity index (χ1n) is 8.65. The van der Waals surface area contributed by atoms with Gasteiger partial charge < -0.3 is 10.0 Å². The van der Waals surface area contributed by atoms with Crippen LogP contribution in [0.1, 0.15) is 17.5 Å². The summed E-state index contributed by atoms with van der Waals surface area (Å²) in [4.78, 5) is 13.3. The maximum absolute atomic E-state index is 13.0. The van der Waals surface area contributed by atoms with E-state index in [1.54, 1.807) is 6.92 Å². The molecule has 0 aromatic carbocycles. The van der Waals surface area contributed by atoms with E-state index in [4.69, 9.17) is 6.42 Å². The van der Waals surface area contributed by atoms with Gasteiger partial charge in [-0.05, 0) is 13.8 Å². The average molecular weight is 461 g/mol. The van der Waals surface area contributed by atoms with Crippen LogP contribution in [0.5, 0.6) is 0 Å². The van der Waals surface area contributed by atoms with Gasteiger partial charge in [-0.25, -0.2) is 23.4 Å². The Labute approximate surface area is 175 Å². The number of hydrogen-bond donors (Lipinski definition) is 1. The SMILES string of the molecule is C#C[C@H]1CN(S(=O)(=O)c2cnc(C)s2)CCN1c1ncc(C(C)(O)C(F)(F)F)cn1. The molecule has 13 heteroatoms. The van der Waals surface area contributed by atoms with Crippen LogP contribution in [0.2, 0.25) is 0 Å². The zero-order valence-corrected chi connectivity index (χ0v) is 17.6. The smallest absolute Gasteiger partial charge is 0.376 e. The molecule has 1 saturated heterocycles. The molecule has 1 N–H and O–H groups in total. The Kier molecular flexibility index (Phi) is 5.80. The van der Waals surface area contributed by atoms with Crippen LogP contribution in [-0.2, 0) is 15.6 Å². The van der Waals surface area contributed by atoms with Crippen LogP contribution < -0.4 is 4.90 Å². The number of piperazine rings is 1. The summed E-state index contributed by atoms with van der Waals surface area (Å²) >= 11 is 1.05. The summed E-state index contributed by atoms with van der Waals surface area (Å²) in [6.07, 6.45) is 3.73. The van der Waals surface area contributed by atoms with Crippen molar-refractivity contribution in [3.05, 3.63) is 29.2 Å². The summed E-state index contributed by atoms with van der Waals surface area (Å²) in [5.41, 5.74) is -3.62. The summed E-state index contributed by atoms with van der Waals surface area (Å²) in [5, 5.41) is 10.3. The fourth-order valence-electron chi connectivity index (χ4n) is 2.83. The van der Waals surface area contributed by atoms with Crippen LogP contribution in [0.4, 0.5) is 19.1 Å². The maximum Gasteiger partial charge on any atom is 0.421 e. The molecule has 0 aliphatic carbocycles. The van der Waals surface area contributed by atoms with Gasteiger partial charge in [0.1, 0.15) is 6.04 Å². The highest BCUT2D eigenvalue weighted by Gasteiger charge is 2.51. The highest BCUT2D eigenvalue weighted by atomic mass is 32.2. The number of sulfonamides is 1. The number of rotatable bonds is 4. The van der Waals surface area contributed by atoms with Gasteiger partial charge in [-0.15, -0.1) is 17.8 Å². The monoisotopic (exact) mass is 461 g/mol. The summed E-state index contributed by atoms with van der Waals surface area (Å²) in [5.74, 6) is 2.53. The van der Waals surface area contributed by atoms with Crippen LogP contribution in [-0.4, -0.2) is 64.6 Å². The van der Waals surface area contributed by atoms with Crippen LogP contribution in [0.15, 0.2) is 22.8 Å². The van der Waals surface area contributed by atoms with Gasteiger partial charge in [-0.1, -0.05) is 5.92 Å². The van der Waals surface area contributed by atoms with E-state index in [0.717, 1.165) is 23.7 Å². The van der Waals surface area contributed by atoms with Crippen LogP contribution in [0.3, 0.4) is 0 Å². The lowest BCUT2D eigenvalue weighted by molar-refractivity contribution is -0.259. The number of aromatic nitrogens is 3. The Bertz CT molecular complexity index is 1060. The van der Waals surface area contributed by atoms with Gasteiger partial charge >= 0.3 is 6.18 Å². The fraction of sp³-hybridized carbons (Fsp3) is 0.471. The van der Waals surface area contributed by atoms with E-state index < -0.39 is 33.4 Å². The van der Waals surface area contributed by atoms with E-state index in [0.29, 0.717) is 11.9 Å². The normalized spacial score (nSPS) is 20.6. The van der Waals surface area contributed by atoms with Crippen molar-refractivity contribution in [3.63, 3.8) is 0 Å². The molecule has 2 aromatic heterocycles. The molecule has 1 fully saturated rings. The van der Waals surface area contributed by atoms with Crippen LogP contribution in [0, 0.1) is 19.3 Å². The van der Waals surface area contributed by atoms with Crippen LogP contribution in [0.25, 0.3) is 0 Å². The summed E-state index contributed by atoms with van der Waals surface area (Å²) < 4.78 is 65.9. The van der Waals surface area contributed by atoms with Crippen molar-refractivity contribution in [2.75, 3.05) is 24.5 Å². The third-order valence-corrected chi connectivity index (χ3v) is 7.95. The van der Waals surface area contributed by atoms with Gasteiger partial charge in [-0.2, -0.15) is 17.5 Å². The molecular weight excluding hydrogens is 443 g/mol. The van der Waals surface area contributed by atoms with Gasteiger partial charge in [0.25, 0.3) is 10.0 Å². The van der Waals surface area contributed by atoms with E-state index in [9.17, 15) is 26.7 Å². The van der Waals surface area contributed by atoms with E-state index >= 15 is 0 Å². The highest BCUT2D eigenvalue weighted by molar-refractivity contribution is 7.91. The molecule has 0 amide bonds. The molecule has 8 nitrogen and oxygen atoms in total. The van der Waals surface area contributed by atoms with Gasteiger partial charge in [0.2, 0.25) is 5.95 Å². The molecule has 0 radical (unpaired) electrons. The molecule has 2 aromatic rings. The van der Waals surface area contributed by atoms with Crippen molar-refractivity contribution in [1.82, 2.24) is 19.3 Å². The highest BCUT2D eigenvalue weighted by Crippen LogP contribution is 2.38. The van der Waals surface area contributed by atoms with Gasteiger partial charge in [0.15, 0.2) is 9.81 Å². The molecular formula is C17H18F3N5O3S2. The molecule has 2 atom stereocenters. The lowest BCUT2D eigenvalue weighted by Gasteiger charge is -2.38. The number of terminal acetylenes is 1. The third kappa shape index (κ3) is 4.00. The van der Waals surface area contributed by atoms with Crippen LogP contribution >= 0.6 is 11.3 Å². The number of alkyl halides is 3. The van der Waals surface area contributed by atoms with Crippen molar-refractivity contribution in [2.45, 2.75) is 35.9 Å². The number of aliphatic hydroxyl groups is 1. The van der Waals surface area contributed by atoms with Crippen molar-refractivity contribution in [2.24, 2.45) is 0 Å². The minimum atomic E-state index is -4.89. The number of thiazole rings is 1. The Morgan fingerprint density at radius 2 is 1.87 bits per heavy atom. The molecule has 0 spiro atoms. The second kappa shape index (κ2) is 7.77. The van der Waals surface area contributed by atoms with E-state index in [-0.39, 0.29) is 29.8 Å². The molecule has 0 bridgehead atoms. The Hall–Kier alpha value is -2.27. The first-order chi connectivity index (χ1) is 13.9. The zero-order valence-electron chi connectivity index (χ0n) is 16.0. The average Bonchev–Trinajstić information content (AvgIpc) is 3.14. The molecule has 1 unspecified atom stereocenters. The number of nitrogens with zero attached hydrogens (tertiary/aromatic N) is 5. The fourth-order valence-corrected chi connectivity index (χ4v) is 5.53. The lowest BCUT2D eigenvalue weighted by Crippen LogP contribution is -2.54. The standard InChI is InChI=1S/C17H18F3N5O3S2/c1-4-13-10-24(30(27,28)14-9-21-11(2)29-14)5-6-25(13)15-22-7-12(8-23-15)16(3,26)17(18,19)20/h1,7-9,13,26H,5-6,10H2,2-3H3/t13-,16?/m0/s1. The quantitative estimate of drug-likeness (QED) is 0.690. The van der Waals surface area contributed by atoms with E-state index in [1.165, 1.54) is 15.4 Å². The third-order valence-electron chi connectivity index (χ3n) is 4.74. The molecule has 3 rings (SSSR count). The maximum atomic E-state index is 13.0. The van der Waals surface area contributed by atoms with E-state index in [2.05, 4.69) is 20.9 Å². The number of aryl methyl sites for hydroxylation is 1. The number of halogens is 3. The minimum Gasteiger partial charge on any atom is -0.376 e. The molecule has 162 valence electrons. The Balaban J connectivity index is 1.80. The molecule has 30 heavy (non-hydrogen) atoms. The number of hydrogen-bond acceptors (Lipinski definition) is 8. The summed E-state index contributed by atoms with van der Waals surface area (Å²) in [6.45, 7) is 2.49. The first kappa shape index (κ1) is 22.4. The molecule has 1 aliphatic rings. The summed E-state index contributed by atoms with van der Waals surface area (Å²) in [7, 11) is -3.76. The largest absolute Gasteiger partial charge is 0.421 e. The van der Waals surface area contributed by atoms with Crippen molar-refractivity contribution in [1.29, 1.82) is 0 Å². The van der Waals surface area contributed by atoms with Gasteiger partial charge in [-0.3, -0.25) is 0 Å². The van der Waals surface area contributed by atoms with Crippen molar-refractivity contribution < 1.29 is 26.7 Å². The number of anilines is 1. The molecule has 1 aliphatic heterocycles. The van der Waals surface area contributed by atoms with Crippen molar-refractivity contribution >= 4 is 27.3 Å². The Morgan fingerprint density at radius 1 is 1.23 bits per heavy atom. The second-order valence-corrected chi connectivity index (χ2v) is 10.2. The zero-order chi connectivity index (χ0) is 22.3. The topological polar surface area (TPSA) is 99.5 Å². The van der Waals surface area contributed by atoms with Gasteiger partial charge in [0, 0.05) is 37.6 Å². The second-order valence-electron chi connectivity index (χ2n) is 6.78. The Morgan fingerprint density at radius 3 is 2.37 bits per heavy atom. The predicted octanol–water partition coefficient (Wildman–Crippen LogP) is 1.52. The first-order valence-corrected chi connectivity index (χ1v) is 10.9. The molecule has 3 heterocycles. The molecule has 0 saturated carbocycles. The minimum absolute atomic E-state index is 0.0405. The lowest BCUT2D eigenvalue weighted by atomic mass is 9.99. The summed E-state index contributed by atoms with van der Waals surface area (Å²) in [6, 6.07) is -0.725.